The normalized spacial score (nSPS) is 11.5. The van der Waals surface area contributed by atoms with E-state index in [2.05, 4.69) is 5.32 Å². The van der Waals surface area contributed by atoms with Crippen LogP contribution in [0.4, 0.5) is 21.9 Å². The quantitative estimate of drug-likeness (QED) is 0.385. The van der Waals surface area contributed by atoms with E-state index < -0.39 is 5.97 Å². The van der Waals surface area contributed by atoms with Crippen molar-refractivity contribution in [2.24, 2.45) is 0 Å². The monoisotopic (exact) mass is 503 g/mol. The van der Waals surface area contributed by atoms with Gasteiger partial charge in [-0.15, -0.1) is 0 Å². The zero-order valence-corrected chi connectivity index (χ0v) is 21.6. The molecule has 8 nitrogen and oxygen atoms in total. The van der Waals surface area contributed by atoms with Gasteiger partial charge in [0, 0.05) is 44.7 Å². The average Bonchev–Trinajstić information content (AvgIpc) is 2.89. The number of para-hydroxylation sites is 1. The second-order valence-electron chi connectivity index (χ2n) is 8.85. The lowest BCUT2D eigenvalue weighted by Gasteiger charge is -2.21. The number of amides is 3. The molecule has 1 atom stereocenters. The van der Waals surface area contributed by atoms with E-state index >= 15 is 0 Å². The van der Waals surface area contributed by atoms with Crippen LogP contribution in [0.25, 0.3) is 0 Å². The molecule has 3 rings (SSSR count). The van der Waals surface area contributed by atoms with Gasteiger partial charge in [-0.05, 0) is 60.4 Å². The third-order valence-electron chi connectivity index (χ3n) is 6.25. The summed E-state index contributed by atoms with van der Waals surface area (Å²) in [5, 5.41) is 11.9. The van der Waals surface area contributed by atoms with Crippen molar-refractivity contribution in [3.05, 3.63) is 89.5 Å². The number of carbonyl (C=O) groups excluding carboxylic acids is 2. The first-order chi connectivity index (χ1) is 17.7. The van der Waals surface area contributed by atoms with Gasteiger partial charge in [-0.3, -0.25) is 14.5 Å². The van der Waals surface area contributed by atoms with Gasteiger partial charge in [0.15, 0.2) is 0 Å². The maximum Gasteiger partial charge on any atom is 0.326 e. The van der Waals surface area contributed by atoms with Crippen LogP contribution in [0.1, 0.15) is 35.6 Å². The molecule has 0 spiro atoms. The predicted octanol–water partition coefficient (Wildman–Crippen LogP) is 5.42. The zero-order chi connectivity index (χ0) is 26.9. The first-order valence-corrected chi connectivity index (χ1v) is 12.0. The second-order valence-corrected chi connectivity index (χ2v) is 8.85. The molecule has 0 aromatic heterocycles. The van der Waals surface area contributed by atoms with Crippen molar-refractivity contribution >= 4 is 35.0 Å². The molecular formula is C29H33N3O5. The number of carboxylic acid groups (broad SMARTS) is 1. The van der Waals surface area contributed by atoms with E-state index in [1.54, 1.807) is 43.1 Å². The van der Waals surface area contributed by atoms with E-state index in [1.165, 1.54) is 0 Å². The van der Waals surface area contributed by atoms with Gasteiger partial charge < -0.3 is 20.1 Å². The standard InChI is InChI=1S/C29H33N3O5/c1-20-8-5-6-11-25(20)32(3)29(36)30-23-14-12-21(13-15-23)18-27(33)31(2)24-10-7-9-22(19-24)26(37-4)16-17-28(34)35/h5-15,19,26H,16-18H2,1-4H3,(H,30,36)(H,34,35). The fourth-order valence-corrected chi connectivity index (χ4v) is 4.01. The Morgan fingerprint density at radius 2 is 1.65 bits per heavy atom. The molecule has 1 unspecified atom stereocenters. The van der Waals surface area contributed by atoms with E-state index in [9.17, 15) is 14.4 Å². The van der Waals surface area contributed by atoms with Gasteiger partial charge in [-0.2, -0.15) is 0 Å². The summed E-state index contributed by atoms with van der Waals surface area (Å²) in [5.74, 6) is -0.984. The minimum Gasteiger partial charge on any atom is -0.481 e. The van der Waals surface area contributed by atoms with Gasteiger partial charge in [-0.25, -0.2) is 4.79 Å². The SMILES string of the molecule is COC(CCC(=O)O)c1cccc(N(C)C(=O)Cc2ccc(NC(=O)N(C)c3ccccc3C)cc2)c1. The molecule has 8 heteroatoms. The Labute approximate surface area is 217 Å². The summed E-state index contributed by atoms with van der Waals surface area (Å²) in [4.78, 5) is 39.7. The molecule has 0 bridgehead atoms. The maximum absolute atomic E-state index is 13.0. The molecule has 37 heavy (non-hydrogen) atoms. The number of aryl methyl sites for hydroxylation is 1. The molecule has 0 aliphatic heterocycles. The van der Waals surface area contributed by atoms with Crippen LogP contribution in [0, 0.1) is 6.92 Å². The number of carboxylic acids is 1. The number of hydrogen-bond acceptors (Lipinski definition) is 4. The van der Waals surface area contributed by atoms with E-state index in [0.29, 0.717) is 17.8 Å². The van der Waals surface area contributed by atoms with Gasteiger partial charge in [0.05, 0.1) is 12.5 Å². The molecule has 3 aromatic rings. The van der Waals surface area contributed by atoms with Crippen molar-refractivity contribution in [3.63, 3.8) is 0 Å². The molecule has 3 amide bonds. The Morgan fingerprint density at radius 3 is 2.30 bits per heavy atom. The molecule has 0 aliphatic carbocycles. The highest BCUT2D eigenvalue weighted by molar-refractivity contribution is 6.01. The van der Waals surface area contributed by atoms with Crippen LogP contribution in [0.5, 0.6) is 0 Å². The summed E-state index contributed by atoms with van der Waals surface area (Å²) >= 11 is 0. The summed E-state index contributed by atoms with van der Waals surface area (Å²) in [6, 6.07) is 22.0. The molecular weight excluding hydrogens is 470 g/mol. The Morgan fingerprint density at radius 1 is 0.946 bits per heavy atom. The zero-order valence-electron chi connectivity index (χ0n) is 21.6. The van der Waals surface area contributed by atoms with Crippen molar-refractivity contribution in [3.8, 4) is 0 Å². The molecule has 0 saturated carbocycles. The number of hydrogen-bond donors (Lipinski definition) is 2. The summed E-state index contributed by atoms with van der Waals surface area (Å²) in [6.07, 6.45) is 0.157. The van der Waals surface area contributed by atoms with Gasteiger partial charge in [0.2, 0.25) is 5.91 Å². The number of carbonyl (C=O) groups is 3. The number of ether oxygens (including phenoxy) is 1. The van der Waals surface area contributed by atoms with Gasteiger partial charge >= 0.3 is 12.0 Å². The minimum absolute atomic E-state index is 0.00383. The molecule has 0 saturated heterocycles. The Hall–Kier alpha value is -4.17. The van der Waals surface area contributed by atoms with Crippen LogP contribution >= 0.6 is 0 Å². The number of nitrogens with zero attached hydrogens (tertiary/aromatic N) is 2. The van der Waals surface area contributed by atoms with Crippen LogP contribution in [0.2, 0.25) is 0 Å². The number of nitrogens with one attached hydrogen (secondary N) is 1. The highest BCUT2D eigenvalue weighted by atomic mass is 16.5. The number of methoxy groups -OCH3 is 1. The Bertz CT molecular complexity index is 1240. The third kappa shape index (κ3) is 7.41. The third-order valence-corrected chi connectivity index (χ3v) is 6.25. The van der Waals surface area contributed by atoms with Gasteiger partial charge in [0.25, 0.3) is 0 Å². The molecule has 0 radical (unpaired) electrons. The molecule has 2 N–H and O–H groups in total. The lowest BCUT2D eigenvalue weighted by Crippen LogP contribution is -2.31. The smallest absolute Gasteiger partial charge is 0.326 e. The van der Waals surface area contributed by atoms with Gasteiger partial charge in [-0.1, -0.05) is 42.5 Å². The van der Waals surface area contributed by atoms with E-state index in [0.717, 1.165) is 22.4 Å². The number of aliphatic carboxylic acids is 1. The Balaban J connectivity index is 1.61. The summed E-state index contributed by atoms with van der Waals surface area (Å²) in [7, 11) is 4.97. The van der Waals surface area contributed by atoms with Crippen molar-refractivity contribution in [1.82, 2.24) is 0 Å². The van der Waals surface area contributed by atoms with Gasteiger partial charge in [0.1, 0.15) is 0 Å². The lowest BCUT2D eigenvalue weighted by molar-refractivity contribution is -0.137. The summed E-state index contributed by atoms with van der Waals surface area (Å²) < 4.78 is 5.46. The number of likely N-dealkylation sites (N-methyl/N-ethyl adjacent to an activating group) is 1. The number of benzene rings is 3. The highest BCUT2D eigenvalue weighted by Crippen LogP contribution is 2.26. The average molecular weight is 504 g/mol. The number of rotatable bonds is 10. The topological polar surface area (TPSA) is 99.2 Å². The first-order valence-electron chi connectivity index (χ1n) is 12.0. The molecule has 0 heterocycles. The maximum atomic E-state index is 13.0. The van der Waals surface area contributed by atoms with Crippen molar-refractivity contribution in [1.29, 1.82) is 0 Å². The number of urea groups is 1. The van der Waals surface area contributed by atoms with Crippen LogP contribution in [-0.4, -0.2) is 44.2 Å². The first kappa shape index (κ1) is 27.4. The lowest BCUT2D eigenvalue weighted by atomic mass is 10.0. The number of anilines is 3. The fraction of sp³-hybridized carbons (Fsp3) is 0.276. The van der Waals surface area contributed by atoms with Crippen LogP contribution in [0.15, 0.2) is 72.8 Å². The molecule has 0 aliphatic rings. The van der Waals surface area contributed by atoms with Crippen molar-refractivity contribution < 1.29 is 24.2 Å². The second kappa shape index (κ2) is 12.7. The summed E-state index contributed by atoms with van der Waals surface area (Å²) in [6.45, 7) is 1.95. The van der Waals surface area contributed by atoms with Crippen LogP contribution < -0.4 is 15.1 Å². The summed E-state index contributed by atoms with van der Waals surface area (Å²) in [5.41, 5.74) is 4.79. The molecule has 194 valence electrons. The highest BCUT2D eigenvalue weighted by Gasteiger charge is 2.17. The van der Waals surface area contributed by atoms with Crippen molar-refractivity contribution in [2.75, 3.05) is 36.3 Å². The van der Waals surface area contributed by atoms with E-state index in [-0.39, 0.29) is 30.9 Å². The molecule has 0 fully saturated rings. The predicted molar refractivity (Wildman–Crippen MR) is 145 cm³/mol. The van der Waals surface area contributed by atoms with Crippen molar-refractivity contribution in [2.45, 2.75) is 32.3 Å². The Kier molecular flexibility index (Phi) is 9.40. The van der Waals surface area contributed by atoms with E-state index in [1.807, 2.05) is 67.6 Å². The fourth-order valence-electron chi connectivity index (χ4n) is 4.01. The largest absolute Gasteiger partial charge is 0.481 e. The van der Waals surface area contributed by atoms with E-state index in [4.69, 9.17) is 9.84 Å². The minimum atomic E-state index is -0.880. The molecule has 3 aromatic carbocycles. The van der Waals surface area contributed by atoms with Crippen LogP contribution in [0.3, 0.4) is 0 Å². The van der Waals surface area contributed by atoms with Crippen LogP contribution in [-0.2, 0) is 20.7 Å².